The number of aromatic hydroxyl groups is 2. The van der Waals surface area contributed by atoms with Crippen LogP contribution in [-0.2, 0) is 0 Å². The number of methoxy groups -OCH3 is 2. The van der Waals surface area contributed by atoms with Crippen LogP contribution in [0.2, 0.25) is 0 Å². The summed E-state index contributed by atoms with van der Waals surface area (Å²) in [4.78, 5) is 16.9. The first-order valence-electron chi connectivity index (χ1n) is 13.3. The van der Waals surface area contributed by atoms with E-state index >= 15 is 0 Å². The van der Waals surface area contributed by atoms with Crippen LogP contribution in [0.4, 0.5) is 0 Å². The summed E-state index contributed by atoms with van der Waals surface area (Å²) in [7, 11) is 3.05. The number of ether oxygens (including phenoxy) is 2. The van der Waals surface area contributed by atoms with Gasteiger partial charge in [-0.3, -0.25) is 0 Å². The lowest BCUT2D eigenvalue weighted by Gasteiger charge is -2.08. The van der Waals surface area contributed by atoms with Gasteiger partial charge in [0.05, 0.1) is 37.0 Å². The number of phenolic OH excluding ortho intramolecular Hbond substituents is 2. The molecule has 0 amide bonds. The van der Waals surface area contributed by atoms with Gasteiger partial charge in [-0.1, -0.05) is 12.1 Å². The number of hydrogen-bond acceptors (Lipinski definition) is 6. The molecule has 8 nitrogen and oxygen atoms in total. The van der Waals surface area contributed by atoms with E-state index in [9.17, 15) is 10.2 Å². The molecule has 0 fully saturated rings. The Balaban J connectivity index is 1.52. The number of H-pyrrole nitrogens is 2. The lowest BCUT2D eigenvalue weighted by Crippen LogP contribution is -1.90. The van der Waals surface area contributed by atoms with Gasteiger partial charge in [0, 0.05) is 33.2 Å². The van der Waals surface area contributed by atoms with E-state index in [1.165, 1.54) is 14.2 Å². The standard InChI is InChI=1S/C34H26N4O4/c1-41-31-13-3-19(15-29(31)39)33-25-9-5-21(35-25)17-23-7-11-27(37-23)34(20-4-14-32(42-2)30(40)16-20)28-12-8-24(38-28)18-22-6-10-26(33)36-22/h3-18,35-36,39-40H,1-2H3. The molecule has 2 aliphatic heterocycles. The molecule has 206 valence electrons. The van der Waals surface area contributed by atoms with Gasteiger partial charge >= 0.3 is 0 Å². The van der Waals surface area contributed by atoms with Crippen molar-refractivity contribution in [2.24, 2.45) is 0 Å². The Kier molecular flexibility index (Phi) is 6.01. The largest absolute Gasteiger partial charge is 0.504 e. The van der Waals surface area contributed by atoms with Crippen LogP contribution < -0.4 is 9.47 Å². The number of benzene rings is 2. The zero-order valence-corrected chi connectivity index (χ0v) is 22.8. The van der Waals surface area contributed by atoms with E-state index in [0.717, 1.165) is 67.1 Å². The van der Waals surface area contributed by atoms with Crippen molar-refractivity contribution in [2.45, 2.75) is 0 Å². The molecule has 3 aromatic heterocycles. The Labute approximate surface area is 240 Å². The van der Waals surface area contributed by atoms with Crippen LogP contribution >= 0.6 is 0 Å². The third-order valence-corrected chi connectivity index (χ3v) is 7.33. The number of nitrogens with one attached hydrogen (secondary N) is 2. The summed E-state index contributed by atoms with van der Waals surface area (Å²) in [5, 5.41) is 21.1. The molecule has 0 saturated carbocycles. The fraction of sp³-hybridized carbons (Fsp3) is 0.0588. The van der Waals surface area contributed by atoms with E-state index in [1.807, 2.05) is 72.8 Å². The first kappa shape index (κ1) is 25.2. The summed E-state index contributed by atoms with van der Waals surface area (Å²) in [6, 6.07) is 22.6. The molecule has 7 rings (SSSR count). The maximum absolute atomic E-state index is 10.6. The number of rotatable bonds is 4. The Morgan fingerprint density at radius 2 is 1.02 bits per heavy atom. The first-order chi connectivity index (χ1) is 20.5. The minimum atomic E-state index is 0.0430. The third kappa shape index (κ3) is 4.45. The smallest absolute Gasteiger partial charge is 0.160 e. The lowest BCUT2D eigenvalue weighted by atomic mass is 10.0. The topological polar surface area (TPSA) is 116 Å². The molecule has 42 heavy (non-hydrogen) atoms. The SMILES string of the molecule is COc1ccc(-c2c3nc(cc4ccc([nH]4)c(-c4ccc(OC)c(O)c4)c4ccc(cc5nc2C=C5)[nH]4)C=C3)cc1O. The number of phenols is 2. The predicted octanol–water partition coefficient (Wildman–Crippen LogP) is 7.42. The molecule has 8 heteroatoms. The number of aromatic amines is 2. The van der Waals surface area contributed by atoms with Gasteiger partial charge in [-0.25, -0.2) is 9.97 Å². The molecule has 8 bridgehead atoms. The predicted molar refractivity (Wildman–Crippen MR) is 166 cm³/mol. The normalized spacial score (nSPS) is 12.0. The van der Waals surface area contributed by atoms with Crippen molar-refractivity contribution in [1.29, 1.82) is 0 Å². The first-order valence-corrected chi connectivity index (χ1v) is 13.3. The molecule has 5 heterocycles. The lowest BCUT2D eigenvalue weighted by molar-refractivity contribution is 0.373. The highest BCUT2D eigenvalue weighted by Crippen LogP contribution is 2.37. The van der Waals surface area contributed by atoms with Crippen LogP contribution in [0.5, 0.6) is 23.0 Å². The average molecular weight is 555 g/mol. The minimum Gasteiger partial charge on any atom is -0.504 e. The number of aromatic nitrogens is 4. The summed E-state index contributed by atoms with van der Waals surface area (Å²) in [6.07, 6.45) is 7.82. The number of fused-ring (bicyclic) bond motifs is 8. The molecular formula is C34H26N4O4. The molecule has 0 unspecified atom stereocenters. The molecular weight excluding hydrogens is 528 g/mol. The fourth-order valence-electron chi connectivity index (χ4n) is 5.37. The van der Waals surface area contributed by atoms with E-state index in [1.54, 1.807) is 24.3 Å². The van der Waals surface area contributed by atoms with E-state index in [2.05, 4.69) is 9.97 Å². The maximum atomic E-state index is 10.6. The van der Waals surface area contributed by atoms with Gasteiger partial charge in [0.1, 0.15) is 0 Å². The Bertz CT molecular complexity index is 2010. The van der Waals surface area contributed by atoms with Crippen molar-refractivity contribution in [3.63, 3.8) is 0 Å². The maximum Gasteiger partial charge on any atom is 0.160 e. The van der Waals surface area contributed by atoms with Gasteiger partial charge in [0.2, 0.25) is 0 Å². The minimum absolute atomic E-state index is 0.0430. The number of hydrogen-bond donors (Lipinski definition) is 4. The molecule has 0 spiro atoms. The van der Waals surface area contributed by atoms with Crippen LogP contribution in [0, 0.1) is 0 Å². The Morgan fingerprint density at radius 3 is 1.48 bits per heavy atom. The van der Waals surface area contributed by atoms with Crippen molar-refractivity contribution < 1.29 is 19.7 Å². The van der Waals surface area contributed by atoms with Gasteiger partial charge in [0.15, 0.2) is 23.0 Å². The second-order valence-electron chi connectivity index (χ2n) is 9.98. The van der Waals surface area contributed by atoms with Gasteiger partial charge in [0.25, 0.3) is 0 Å². The zero-order valence-electron chi connectivity index (χ0n) is 22.8. The second-order valence-corrected chi connectivity index (χ2v) is 9.98. The summed E-state index contributed by atoms with van der Waals surface area (Å²) >= 11 is 0. The Hall–Kier alpha value is -5.76. The quantitative estimate of drug-likeness (QED) is 0.180. The molecule has 5 aromatic rings. The average Bonchev–Trinajstić information content (AvgIpc) is 3.80. The third-order valence-electron chi connectivity index (χ3n) is 7.33. The highest BCUT2D eigenvalue weighted by atomic mass is 16.5. The molecule has 4 N–H and O–H groups in total. The fourth-order valence-corrected chi connectivity index (χ4v) is 5.37. The van der Waals surface area contributed by atoms with E-state index in [-0.39, 0.29) is 11.5 Å². The van der Waals surface area contributed by atoms with Crippen LogP contribution in [-0.4, -0.2) is 44.4 Å². The summed E-state index contributed by atoms with van der Waals surface area (Å²) < 4.78 is 10.5. The van der Waals surface area contributed by atoms with Crippen LogP contribution in [0.1, 0.15) is 22.8 Å². The van der Waals surface area contributed by atoms with Crippen LogP contribution in [0.3, 0.4) is 0 Å². The van der Waals surface area contributed by atoms with E-state index < -0.39 is 0 Å². The molecule has 0 saturated heterocycles. The van der Waals surface area contributed by atoms with Crippen molar-refractivity contribution >= 4 is 46.4 Å². The highest BCUT2D eigenvalue weighted by Gasteiger charge is 2.16. The van der Waals surface area contributed by atoms with Crippen molar-refractivity contribution in [3.8, 4) is 45.3 Å². The summed E-state index contributed by atoms with van der Waals surface area (Å²) in [5.41, 5.74) is 9.76. The van der Waals surface area contributed by atoms with Crippen molar-refractivity contribution in [2.75, 3.05) is 14.2 Å². The van der Waals surface area contributed by atoms with Crippen molar-refractivity contribution in [1.82, 2.24) is 19.9 Å². The molecule has 0 radical (unpaired) electrons. The zero-order chi connectivity index (χ0) is 28.8. The number of nitrogens with zero attached hydrogens (tertiary/aromatic N) is 2. The van der Waals surface area contributed by atoms with E-state index in [0.29, 0.717) is 11.5 Å². The second kappa shape index (κ2) is 10.0. The van der Waals surface area contributed by atoms with Gasteiger partial charge < -0.3 is 29.7 Å². The molecule has 0 atom stereocenters. The van der Waals surface area contributed by atoms with Crippen LogP contribution in [0.15, 0.2) is 72.8 Å². The Morgan fingerprint density at radius 1 is 0.548 bits per heavy atom. The van der Waals surface area contributed by atoms with Gasteiger partial charge in [-0.15, -0.1) is 0 Å². The highest BCUT2D eigenvalue weighted by molar-refractivity contribution is 5.95. The van der Waals surface area contributed by atoms with Crippen molar-refractivity contribution in [3.05, 3.63) is 95.6 Å². The van der Waals surface area contributed by atoms with E-state index in [4.69, 9.17) is 19.4 Å². The monoisotopic (exact) mass is 554 g/mol. The molecule has 2 aliphatic rings. The molecule has 0 aliphatic carbocycles. The summed E-state index contributed by atoms with van der Waals surface area (Å²) in [5.74, 6) is 0.908. The molecule has 2 aromatic carbocycles. The van der Waals surface area contributed by atoms with Gasteiger partial charge in [-0.2, -0.15) is 0 Å². The van der Waals surface area contributed by atoms with Gasteiger partial charge in [-0.05, 0) is 96.1 Å². The summed E-state index contributed by atoms with van der Waals surface area (Å²) in [6.45, 7) is 0. The van der Waals surface area contributed by atoms with Crippen LogP contribution in [0.25, 0.3) is 68.6 Å².